The average molecular weight is 343 g/mol. The van der Waals surface area contributed by atoms with Crippen LogP contribution in [0.15, 0.2) is 22.7 Å². The van der Waals surface area contributed by atoms with Gasteiger partial charge in [0.15, 0.2) is 6.79 Å². The normalized spacial score (nSPS) is 9.92. The summed E-state index contributed by atoms with van der Waals surface area (Å²) in [4.78, 5) is 0. The third-order valence-corrected chi connectivity index (χ3v) is 2.61. The molecule has 0 bridgehead atoms. The Hall–Kier alpha value is 0.190. The van der Waals surface area contributed by atoms with Crippen LogP contribution in [0.3, 0.4) is 0 Å². The van der Waals surface area contributed by atoms with Crippen LogP contribution in [0.1, 0.15) is 0 Å². The first-order valence-corrected chi connectivity index (χ1v) is 5.18. The predicted molar refractivity (Wildman–Crippen MR) is 59.4 cm³/mol. The highest BCUT2D eigenvalue weighted by Gasteiger charge is 2.00. The van der Waals surface area contributed by atoms with Crippen LogP contribution < -0.4 is 4.74 Å². The number of hydrogen-bond donors (Lipinski definition) is 0. The molecule has 0 atom stereocenters. The van der Waals surface area contributed by atoms with Crippen molar-refractivity contribution in [1.82, 2.24) is 0 Å². The van der Waals surface area contributed by atoms with Gasteiger partial charge in [0.25, 0.3) is 0 Å². The Morgan fingerprint density at radius 1 is 1.50 bits per heavy atom. The minimum atomic E-state index is 0.284. The van der Waals surface area contributed by atoms with E-state index in [1.807, 2.05) is 18.2 Å². The zero-order valence-corrected chi connectivity index (χ0v) is 10.3. The molecule has 0 saturated heterocycles. The van der Waals surface area contributed by atoms with Crippen molar-refractivity contribution in [3.8, 4) is 5.75 Å². The summed E-state index contributed by atoms with van der Waals surface area (Å²) in [6, 6.07) is 5.87. The summed E-state index contributed by atoms with van der Waals surface area (Å²) in [7, 11) is 1.60. The summed E-state index contributed by atoms with van der Waals surface area (Å²) >= 11 is 5.58. The Labute approximate surface area is 93.5 Å². The lowest BCUT2D eigenvalue weighted by molar-refractivity contribution is 0.0505. The van der Waals surface area contributed by atoms with Crippen LogP contribution in [-0.4, -0.2) is 13.9 Å². The molecule has 0 unspecified atom stereocenters. The second kappa shape index (κ2) is 5.04. The van der Waals surface area contributed by atoms with E-state index < -0.39 is 0 Å². The summed E-state index contributed by atoms with van der Waals surface area (Å²) in [5.41, 5.74) is 0. The van der Waals surface area contributed by atoms with Gasteiger partial charge < -0.3 is 9.47 Å². The smallest absolute Gasteiger partial charge is 0.188 e. The molecule has 1 aromatic rings. The van der Waals surface area contributed by atoms with Gasteiger partial charge in [0, 0.05) is 11.6 Å². The van der Waals surface area contributed by atoms with E-state index in [0.717, 1.165) is 13.8 Å². The summed E-state index contributed by atoms with van der Waals surface area (Å²) in [5.74, 6) is 0.840. The van der Waals surface area contributed by atoms with E-state index in [9.17, 15) is 0 Å². The molecule has 12 heavy (non-hydrogen) atoms. The molecule has 0 radical (unpaired) electrons. The average Bonchev–Trinajstić information content (AvgIpc) is 2.07. The van der Waals surface area contributed by atoms with E-state index in [-0.39, 0.29) is 6.79 Å². The minimum Gasteiger partial charge on any atom is -0.466 e. The van der Waals surface area contributed by atoms with E-state index in [1.165, 1.54) is 0 Å². The van der Waals surface area contributed by atoms with Crippen molar-refractivity contribution in [2.24, 2.45) is 0 Å². The molecule has 0 aliphatic carbocycles. The highest BCUT2D eigenvalue weighted by atomic mass is 127. The van der Waals surface area contributed by atoms with Crippen LogP contribution in [0.2, 0.25) is 0 Å². The Bertz CT molecular complexity index is 265. The second-order valence-electron chi connectivity index (χ2n) is 2.13. The standard InChI is InChI=1S/C8H8BrIO2/c1-11-5-12-8-4-6(9)2-3-7(8)10/h2-4H,5H2,1H3. The third kappa shape index (κ3) is 2.91. The lowest BCUT2D eigenvalue weighted by Crippen LogP contribution is -1.99. The third-order valence-electron chi connectivity index (χ3n) is 1.23. The molecule has 66 valence electrons. The molecule has 0 N–H and O–H groups in total. The zero-order chi connectivity index (χ0) is 8.97. The quantitative estimate of drug-likeness (QED) is 0.621. The van der Waals surface area contributed by atoms with Gasteiger partial charge >= 0.3 is 0 Å². The first-order chi connectivity index (χ1) is 5.74. The topological polar surface area (TPSA) is 18.5 Å². The van der Waals surface area contributed by atoms with Crippen molar-refractivity contribution < 1.29 is 9.47 Å². The molecule has 0 saturated carbocycles. The van der Waals surface area contributed by atoms with Crippen molar-refractivity contribution in [3.63, 3.8) is 0 Å². The molecule has 1 rings (SSSR count). The summed E-state index contributed by atoms with van der Waals surface area (Å²) < 4.78 is 12.2. The molecule has 0 fully saturated rings. The molecule has 2 nitrogen and oxygen atoms in total. The lowest BCUT2D eigenvalue weighted by atomic mass is 10.3. The van der Waals surface area contributed by atoms with Crippen LogP contribution in [0, 0.1) is 3.57 Å². The number of benzene rings is 1. The number of methoxy groups -OCH3 is 1. The second-order valence-corrected chi connectivity index (χ2v) is 4.20. The largest absolute Gasteiger partial charge is 0.466 e. The highest BCUT2D eigenvalue weighted by Crippen LogP contribution is 2.24. The van der Waals surface area contributed by atoms with Gasteiger partial charge in [-0.15, -0.1) is 0 Å². The van der Waals surface area contributed by atoms with Gasteiger partial charge in [-0.25, -0.2) is 0 Å². The van der Waals surface area contributed by atoms with E-state index in [1.54, 1.807) is 7.11 Å². The van der Waals surface area contributed by atoms with Gasteiger partial charge in [-0.1, -0.05) is 15.9 Å². The molecular formula is C8H8BrIO2. The minimum absolute atomic E-state index is 0.284. The van der Waals surface area contributed by atoms with Crippen molar-refractivity contribution in [2.75, 3.05) is 13.9 Å². The SMILES string of the molecule is COCOc1cc(Br)ccc1I. The molecule has 0 heterocycles. The van der Waals surface area contributed by atoms with E-state index >= 15 is 0 Å². The fraction of sp³-hybridized carbons (Fsp3) is 0.250. The fourth-order valence-corrected chi connectivity index (χ4v) is 1.54. The molecule has 0 spiro atoms. The van der Waals surface area contributed by atoms with Gasteiger partial charge in [0.1, 0.15) is 5.75 Å². The van der Waals surface area contributed by atoms with Gasteiger partial charge in [0.05, 0.1) is 3.57 Å². The van der Waals surface area contributed by atoms with E-state index in [2.05, 4.69) is 38.5 Å². The van der Waals surface area contributed by atoms with Crippen LogP contribution in [-0.2, 0) is 4.74 Å². The van der Waals surface area contributed by atoms with Crippen molar-refractivity contribution >= 4 is 38.5 Å². The van der Waals surface area contributed by atoms with Gasteiger partial charge in [-0.3, -0.25) is 0 Å². The maximum absolute atomic E-state index is 5.31. The number of ether oxygens (including phenoxy) is 2. The Morgan fingerprint density at radius 3 is 2.92 bits per heavy atom. The molecule has 0 aliphatic heterocycles. The van der Waals surface area contributed by atoms with Crippen LogP contribution in [0.4, 0.5) is 0 Å². The number of halogens is 2. The summed E-state index contributed by atoms with van der Waals surface area (Å²) in [6.07, 6.45) is 0. The van der Waals surface area contributed by atoms with E-state index in [4.69, 9.17) is 9.47 Å². The van der Waals surface area contributed by atoms with Crippen LogP contribution in [0.5, 0.6) is 5.75 Å². The molecule has 1 aromatic carbocycles. The first kappa shape index (κ1) is 10.3. The fourth-order valence-electron chi connectivity index (χ4n) is 0.710. The maximum atomic E-state index is 5.31. The molecule has 0 aromatic heterocycles. The van der Waals surface area contributed by atoms with Gasteiger partial charge in [-0.2, -0.15) is 0 Å². The summed E-state index contributed by atoms with van der Waals surface area (Å²) in [5, 5.41) is 0. The Balaban J connectivity index is 2.75. The number of rotatable bonds is 3. The Kier molecular flexibility index (Phi) is 4.31. The van der Waals surface area contributed by atoms with Gasteiger partial charge in [0.2, 0.25) is 0 Å². The van der Waals surface area contributed by atoms with E-state index in [0.29, 0.717) is 0 Å². The molecular weight excluding hydrogens is 335 g/mol. The van der Waals surface area contributed by atoms with Crippen molar-refractivity contribution in [3.05, 3.63) is 26.2 Å². The highest BCUT2D eigenvalue weighted by molar-refractivity contribution is 14.1. The maximum Gasteiger partial charge on any atom is 0.188 e. The van der Waals surface area contributed by atoms with Crippen LogP contribution >= 0.6 is 38.5 Å². The number of hydrogen-bond acceptors (Lipinski definition) is 2. The Morgan fingerprint density at radius 2 is 2.25 bits per heavy atom. The monoisotopic (exact) mass is 342 g/mol. The van der Waals surface area contributed by atoms with Crippen LogP contribution in [0.25, 0.3) is 0 Å². The van der Waals surface area contributed by atoms with Crippen molar-refractivity contribution in [1.29, 1.82) is 0 Å². The molecule has 0 amide bonds. The molecule has 4 heteroatoms. The lowest BCUT2D eigenvalue weighted by Gasteiger charge is -2.06. The zero-order valence-electron chi connectivity index (χ0n) is 6.51. The molecule has 0 aliphatic rings. The predicted octanol–water partition coefficient (Wildman–Crippen LogP) is 3.04. The van der Waals surface area contributed by atoms with Crippen molar-refractivity contribution in [2.45, 2.75) is 0 Å². The first-order valence-electron chi connectivity index (χ1n) is 3.31. The summed E-state index contributed by atoms with van der Waals surface area (Å²) in [6.45, 7) is 0.284. The van der Waals surface area contributed by atoms with Gasteiger partial charge in [-0.05, 0) is 40.8 Å².